The van der Waals surface area contributed by atoms with Gasteiger partial charge in [-0.25, -0.2) is 4.79 Å². The fraction of sp³-hybridized carbons (Fsp3) is 0.542. The number of aromatic carboxylic acids is 1. The highest BCUT2D eigenvalue weighted by Gasteiger charge is 2.33. The van der Waals surface area contributed by atoms with Gasteiger partial charge in [-0.1, -0.05) is 26.3 Å². The first-order valence-electron chi connectivity index (χ1n) is 11.7. The molecule has 0 unspecified atom stereocenters. The number of carbonyl (C=O) groups excluding carboxylic acids is 1. The van der Waals surface area contributed by atoms with Crippen LogP contribution in [0, 0.1) is 0 Å². The summed E-state index contributed by atoms with van der Waals surface area (Å²) in [6.45, 7) is 5.95. The van der Waals surface area contributed by atoms with E-state index in [0.29, 0.717) is 36.5 Å². The Morgan fingerprint density at radius 3 is 2.60 bits per heavy atom. The smallest absolute Gasteiger partial charge is 0.433 e. The third-order valence-corrected chi connectivity index (χ3v) is 6.35. The second-order valence-corrected chi connectivity index (χ2v) is 8.54. The summed E-state index contributed by atoms with van der Waals surface area (Å²) in [4.78, 5) is 29.3. The number of halogens is 3. The van der Waals surface area contributed by atoms with E-state index in [1.807, 2.05) is 9.47 Å². The van der Waals surface area contributed by atoms with Gasteiger partial charge in [0.05, 0.1) is 24.5 Å². The van der Waals surface area contributed by atoms with Gasteiger partial charge in [-0.15, -0.1) is 6.04 Å². The fourth-order valence-electron chi connectivity index (χ4n) is 4.38. The van der Waals surface area contributed by atoms with E-state index in [4.69, 9.17) is 10.5 Å². The second-order valence-electron chi connectivity index (χ2n) is 8.54. The molecule has 0 radical (unpaired) electrons. The van der Waals surface area contributed by atoms with Crippen LogP contribution in [0.4, 0.5) is 13.2 Å². The van der Waals surface area contributed by atoms with Gasteiger partial charge in [0.15, 0.2) is 0 Å². The zero-order valence-electron chi connectivity index (χ0n) is 19.8. The number of carboxylic acids is 1. The summed E-state index contributed by atoms with van der Waals surface area (Å²) in [5.74, 6) is -1.05. The van der Waals surface area contributed by atoms with Gasteiger partial charge in [0.1, 0.15) is 11.4 Å². The van der Waals surface area contributed by atoms with Crippen LogP contribution in [0.3, 0.4) is 0 Å². The standard InChI is InChI=1S/C15H20N2O4.C9H10F3N2/c1-2-10-4-3-5-16(10)14(18)12-8-11(15(19)20)13-9-21-7-6-17(12)13;1-2-7(13)6-3-4-8(14-5-6)9(10,11)12/h8,10H,2-7,9H2,1H3,(H,19,20);3-5,7,13H,2H2,1H3/q;-1/t10-;7-/m01/s1. The van der Waals surface area contributed by atoms with Gasteiger partial charge in [-0.3, -0.25) is 9.78 Å². The lowest BCUT2D eigenvalue weighted by Crippen LogP contribution is -2.37. The van der Waals surface area contributed by atoms with E-state index in [0.717, 1.165) is 38.1 Å². The lowest BCUT2D eigenvalue weighted by atomic mass is 10.1. The molecule has 2 aromatic heterocycles. The van der Waals surface area contributed by atoms with Crippen LogP contribution in [0.2, 0.25) is 0 Å². The van der Waals surface area contributed by atoms with Crippen molar-refractivity contribution in [2.24, 2.45) is 0 Å². The summed E-state index contributed by atoms with van der Waals surface area (Å²) < 4.78 is 43.4. The van der Waals surface area contributed by atoms with Crippen molar-refractivity contribution in [3.63, 3.8) is 0 Å². The Kier molecular flexibility index (Phi) is 8.55. The van der Waals surface area contributed by atoms with Crippen molar-refractivity contribution in [2.45, 2.75) is 70.9 Å². The van der Waals surface area contributed by atoms with Crippen LogP contribution >= 0.6 is 0 Å². The maximum absolute atomic E-state index is 12.8. The Morgan fingerprint density at radius 1 is 1.29 bits per heavy atom. The van der Waals surface area contributed by atoms with Gasteiger partial charge in [-0.2, -0.15) is 13.2 Å². The Morgan fingerprint density at radius 2 is 2.03 bits per heavy atom. The van der Waals surface area contributed by atoms with E-state index in [2.05, 4.69) is 11.9 Å². The topological polar surface area (TPSA) is 108 Å². The number of hydrogen-bond donors (Lipinski definition) is 1. The lowest BCUT2D eigenvalue weighted by Gasteiger charge is -2.25. The van der Waals surface area contributed by atoms with Crippen LogP contribution < -0.4 is 0 Å². The number of likely N-dealkylation sites (tertiary alicyclic amines) is 1. The van der Waals surface area contributed by atoms with E-state index < -0.39 is 23.9 Å². The van der Waals surface area contributed by atoms with Gasteiger partial charge >= 0.3 is 12.1 Å². The summed E-state index contributed by atoms with van der Waals surface area (Å²) in [6.07, 6.45) is 0.269. The van der Waals surface area contributed by atoms with Crippen LogP contribution in [0.25, 0.3) is 5.73 Å². The first-order chi connectivity index (χ1) is 16.6. The van der Waals surface area contributed by atoms with E-state index in [-0.39, 0.29) is 24.1 Å². The molecule has 2 aromatic rings. The van der Waals surface area contributed by atoms with Crippen molar-refractivity contribution in [1.82, 2.24) is 14.5 Å². The Hall–Kier alpha value is -2.92. The molecule has 4 heterocycles. The van der Waals surface area contributed by atoms with E-state index in [9.17, 15) is 27.9 Å². The van der Waals surface area contributed by atoms with E-state index in [1.165, 1.54) is 12.1 Å². The van der Waals surface area contributed by atoms with Crippen molar-refractivity contribution >= 4 is 11.9 Å². The predicted octanol–water partition coefficient (Wildman–Crippen LogP) is 5.33. The van der Waals surface area contributed by atoms with Crippen molar-refractivity contribution in [1.29, 1.82) is 0 Å². The average molecular weight is 496 g/mol. The van der Waals surface area contributed by atoms with Gasteiger partial charge in [0, 0.05) is 25.3 Å². The molecule has 35 heavy (non-hydrogen) atoms. The molecule has 11 heteroatoms. The lowest BCUT2D eigenvalue weighted by molar-refractivity contribution is -0.141. The molecular formula is C24H30F3N4O4-. The number of nitrogens with zero attached hydrogens (tertiary/aromatic N) is 3. The molecule has 1 saturated heterocycles. The minimum atomic E-state index is -4.40. The number of alkyl halides is 3. The van der Waals surface area contributed by atoms with Crippen LogP contribution in [-0.4, -0.2) is 50.6 Å². The van der Waals surface area contributed by atoms with Gasteiger partial charge < -0.3 is 25.0 Å². The number of fused-ring (bicyclic) bond motifs is 1. The molecule has 0 bridgehead atoms. The second kappa shape index (κ2) is 11.2. The largest absolute Gasteiger partial charge is 0.671 e. The van der Waals surface area contributed by atoms with Crippen LogP contribution in [0.1, 0.15) is 83.4 Å². The third kappa shape index (κ3) is 6.02. The Balaban J connectivity index is 0.000000214. The molecule has 0 saturated carbocycles. The van der Waals surface area contributed by atoms with E-state index >= 15 is 0 Å². The number of carboxylic acid groups (broad SMARTS) is 1. The highest BCUT2D eigenvalue weighted by molar-refractivity contribution is 5.98. The van der Waals surface area contributed by atoms with Gasteiger partial charge in [-0.05, 0) is 37.0 Å². The minimum absolute atomic E-state index is 0.0463. The van der Waals surface area contributed by atoms with Crippen LogP contribution in [0.5, 0.6) is 0 Å². The summed E-state index contributed by atoms with van der Waals surface area (Å²) >= 11 is 0. The summed E-state index contributed by atoms with van der Waals surface area (Å²) in [5.41, 5.74) is 8.35. The van der Waals surface area contributed by atoms with Crippen molar-refractivity contribution < 1.29 is 32.6 Å². The van der Waals surface area contributed by atoms with Crippen LogP contribution in [0.15, 0.2) is 24.4 Å². The fourth-order valence-corrected chi connectivity index (χ4v) is 4.38. The zero-order chi connectivity index (χ0) is 25.8. The highest BCUT2D eigenvalue weighted by atomic mass is 19.4. The SMILES string of the molecule is CC[C@@H]([NH-])c1ccc(C(F)(F)F)nc1.CC[C@H]1CCCN1C(=O)c1cc(C(=O)O)c2n1CCOC2. The third-order valence-electron chi connectivity index (χ3n) is 6.35. The number of ether oxygens (including phenoxy) is 1. The normalized spacial score (nSPS) is 18.5. The molecule has 2 aliphatic heterocycles. The summed E-state index contributed by atoms with van der Waals surface area (Å²) in [6, 6.07) is 3.50. The molecule has 2 aliphatic rings. The number of nitrogens with one attached hydrogen (secondary N) is 1. The quantitative estimate of drug-likeness (QED) is 0.603. The number of hydrogen-bond acceptors (Lipinski definition) is 4. The molecule has 4 rings (SSSR count). The average Bonchev–Trinajstić information content (AvgIpc) is 3.48. The first-order valence-corrected chi connectivity index (χ1v) is 11.7. The molecule has 1 fully saturated rings. The Labute approximate surface area is 201 Å². The molecule has 1 amide bonds. The van der Waals surface area contributed by atoms with Crippen molar-refractivity contribution in [3.05, 3.63) is 58.3 Å². The number of rotatable bonds is 5. The molecule has 0 aromatic carbocycles. The molecule has 2 atom stereocenters. The van der Waals surface area contributed by atoms with Gasteiger partial charge in [0.25, 0.3) is 5.91 Å². The first kappa shape index (κ1) is 26.7. The molecule has 0 aliphatic carbocycles. The maximum atomic E-state index is 12.8. The number of amides is 1. The van der Waals surface area contributed by atoms with Gasteiger partial charge in [0.2, 0.25) is 0 Å². The number of aromatic nitrogens is 2. The zero-order valence-corrected chi connectivity index (χ0v) is 19.8. The highest BCUT2D eigenvalue weighted by Crippen LogP contribution is 2.29. The predicted molar refractivity (Wildman–Crippen MR) is 122 cm³/mol. The number of pyridine rings is 1. The minimum Gasteiger partial charge on any atom is -0.671 e. The molecule has 2 N–H and O–H groups in total. The van der Waals surface area contributed by atoms with E-state index in [1.54, 1.807) is 6.92 Å². The molecular weight excluding hydrogens is 465 g/mol. The van der Waals surface area contributed by atoms with Crippen molar-refractivity contribution in [3.8, 4) is 0 Å². The maximum Gasteiger partial charge on any atom is 0.433 e. The Bertz CT molecular complexity index is 1040. The molecule has 192 valence electrons. The molecule has 8 nitrogen and oxygen atoms in total. The summed E-state index contributed by atoms with van der Waals surface area (Å²) in [7, 11) is 0. The summed E-state index contributed by atoms with van der Waals surface area (Å²) in [5, 5.41) is 9.31. The van der Waals surface area contributed by atoms with Crippen molar-refractivity contribution in [2.75, 3.05) is 13.2 Å². The molecule has 0 spiro atoms. The van der Waals surface area contributed by atoms with Crippen LogP contribution in [-0.2, 0) is 24.1 Å². The number of carbonyl (C=O) groups is 2. The monoisotopic (exact) mass is 495 g/mol.